The van der Waals surface area contributed by atoms with Gasteiger partial charge in [0.15, 0.2) is 0 Å². The van der Waals surface area contributed by atoms with Crippen molar-refractivity contribution in [3.63, 3.8) is 0 Å². The minimum absolute atomic E-state index is 0.0661. The molecule has 3 aliphatic heterocycles. The van der Waals surface area contributed by atoms with Crippen LogP contribution in [0.2, 0.25) is 0 Å². The second-order valence-corrected chi connectivity index (χ2v) is 24.4. The molecule has 5 aliphatic rings. The summed E-state index contributed by atoms with van der Waals surface area (Å²) >= 11 is 0. The van der Waals surface area contributed by atoms with Crippen molar-refractivity contribution in [2.24, 2.45) is 17.6 Å². The number of nitrogens with two attached hydrogens (primary N) is 2. The van der Waals surface area contributed by atoms with Crippen LogP contribution in [0.25, 0.3) is 0 Å². The van der Waals surface area contributed by atoms with E-state index < -0.39 is 29.6 Å². The normalized spacial score (nSPS) is 18.3. The first-order valence-electron chi connectivity index (χ1n) is 32.3. The van der Waals surface area contributed by atoms with Gasteiger partial charge in [0, 0.05) is 142 Å². The van der Waals surface area contributed by atoms with Crippen molar-refractivity contribution in [2.75, 3.05) is 112 Å². The molecule has 0 bridgehead atoms. The molecule has 9 rings (SSSR count). The van der Waals surface area contributed by atoms with Gasteiger partial charge < -0.3 is 66.8 Å². The average molecular weight is 1250 g/mol. The first-order chi connectivity index (χ1) is 44.2. The van der Waals surface area contributed by atoms with Crippen molar-refractivity contribution in [1.29, 1.82) is 10.8 Å². The maximum atomic E-state index is 15.7. The predicted octanol–water partition coefficient (Wildman–Crippen LogP) is 10.4. The van der Waals surface area contributed by atoms with Crippen LogP contribution in [0.4, 0.5) is 41.6 Å². The van der Waals surface area contributed by atoms with E-state index in [1.165, 1.54) is 12.1 Å². The zero-order valence-electron chi connectivity index (χ0n) is 52.3. The Morgan fingerprint density at radius 2 is 1.38 bits per heavy atom. The molecule has 3 fully saturated rings. The van der Waals surface area contributed by atoms with E-state index in [1.807, 2.05) is 36.4 Å². The molecule has 3 heterocycles. The van der Waals surface area contributed by atoms with Crippen LogP contribution in [0.5, 0.6) is 0 Å². The Balaban J connectivity index is 0.807. The van der Waals surface area contributed by atoms with Crippen LogP contribution in [0.1, 0.15) is 121 Å². The second kappa shape index (κ2) is 33.9. The predicted molar refractivity (Wildman–Crippen MR) is 353 cm³/mol. The number of unbranched alkanes of at least 4 members (excludes halogenated alkanes) is 1. The Kier molecular flexibility index (Phi) is 25.1. The van der Waals surface area contributed by atoms with E-state index in [-0.39, 0.29) is 36.1 Å². The summed E-state index contributed by atoms with van der Waals surface area (Å²) in [7, 11) is 0. The van der Waals surface area contributed by atoms with E-state index in [2.05, 4.69) is 49.4 Å². The van der Waals surface area contributed by atoms with Crippen molar-refractivity contribution < 1.29 is 46.5 Å². The number of piperidine rings is 1. The van der Waals surface area contributed by atoms with E-state index in [9.17, 15) is 28.6 Å². The van der Waals surface area contributed by atoms with E-state index >= 15 is 4.39 Å². The van der Waals surface area contributed by atoms with Crippen LogP contribution >= 0.6 is 0 Å². The molecule has 18 nitrogen and oxygen atoms in total. The number of nitrogens with zero attached hydrogens (tertiary/aromatic N) is 2. The molecule has 21 heteroatoms. The van der Waals surface area contributed by atoms with E-state index in [4.69, 9.17) is 35.8 Å². The standard InChI is InChI=1S/C70H90F3N11O7/c1-2-24-88-30-31-89-25-4-3-20-83(23-19-78-45-85)57-7-9-59(65(43-57)79-55-15-26-90-27-16-55)69(86)81-67(76)61-40-47(5-11-63(61)74)33-50-35-49(36-52(71)37-50)32-46-13-21-84(22-14-46)58-8-10-60(66(44-58)80-56-17-28-91-29-18-56)70(87)82-68(77)62-41-48(6-12-64(62)75)34-51-38-53(72)42-54(73)39-51/h5-12,35-36,38-40,42-46,48,52,55-56,79-80H,2-4,13-34,37,41,74-75H2,1H3,(H,78,85)(H2,76,81,86)(H2,77,82,87). The number of rotatable bonds is 30. The highest BCUT2D eigenvalue weighted by Crippen LogP contribution is 2.35. The van der Waals surface area contributed by atoms with Crippen LogP contribution < -0.4 is 47.9 Å². The minimum atomic E-state index is -1.15. The van der Waals surface area contributed by atoms with Gasteiger partial charge in [-0.25, -0.2) is 13.2 Å². The van der Waals surface area contributed by atoms with E-state index in [0.29, 0.717) is 148 Å². The van der Waals surface area contributed by atoms with Gasteiger partial charge in [-0.05, 0) is 185 Å². The summed E-state index contributed by atoms with van der Waals surface area (Å²) in [5.74, 6) is -2.42. The number of amidine groups is 2. The molecule has 2 unspecified atom stereocenters. The molecule has 4 aromatic rings. The number of carbonyl (C=O) groups excluding carboxylic acids is 3. The summed E-state index contributed by atoms with van der Waals surface area (Å²) in [5.41, 5.74) is 21.4. The number of ether oxygens (including phenoxy) is 4. The second-order valence-electron chi connectivity index (χ2n) is 24.4. The molecule has 4 aromatic carbocycles. The highest BCUT2D eigenvalue weighted by molar-refractivity contribution is 6.15. The van der Waals surface area contributed by atoms with Crippen molar-refractivity contribution in [1.82, 2.24) is 16.0 Å². The molecule has 488 valence electrons. The number of nitrogen functional groups attached to an aromatic ring is 1. The molecule has 3 saturated heterocycles. The SMILES string of the molecule is CCCOCCOCCCCN(CCNC=O)c1ccc(C(=O)NC(=N)c2cc(CC3=CC(CC4CCN(c5ccc(C(=O)NC(=N)C6=C(N)C=CC(Cc7cc(F)cc(F)c7)C6)c(NC6CCOCC6)c5)CC4)=CC(F)C3)ccc2N)c(NC2CCOCC2)c1. The van der Waals surface area contributed by atoms with Crippen molar-refractivity contribution in [3.05, 3.63) is 159 Å². The quantitative estimate of drug-likeness (QED) is 0.00775. The summed E-state index contributed by atoms with van der Waals surface area (Å²) in [6.45, 7) is 10.1. The molecule has 2 atom stereocenters. The number of anilines is 5. The summed E-state index contributed by atoms with van der Waals surface area (Å²) in [6.07, 6.45) is 16.4. The number of carbonyl (C=O) groups is 3. The summed E-state index contributed by atoms with van der Waals surface area (Å²) in [5, 5.41) is 33.7. The number of hydrogen-bond donors (Lipinski definition) is 9. The Morgan fingerprint density at radius 3 is 2.07 bits per heavy atom. The first kappa shape index (κ1) is 67.4. The number of halogens is 3. The molecule has 0 saturated carbocycles. The third-order valence-electron chi connectivity index (χ3n) is 17.4. The fraction of sp³-hybridized carbons (Fsp3) is 0.471. The fourth-order valence-electron chi connectivity index (χ4n) is 12.6. The van der Waals surface area contributed by atoms with Crippen LogP contribution in [0.15, 0.2) is 120 Å². The molecule has 0 spiro atoms. The lowest BCUT2D eigenvalue weighted by Crippen LogP contribution is -2.36. The maximum Gasteiger partial charge on any atom is 0.258 e. The van der Waals surface area contributed by atoms with Gasteiger partial charge in [0.2, 0.25) is 6.41 Å². The van der Waals surface area contributed by atoms with Crippen molar-refractivity contribution in [2.45, 2.75) is 115 Å². The maximum absolute atomic E-state index is 15.7. The van der Waals surface area contributed by atoms with Gasteiger partial charge in [0.25, 0.3) is 11.8 Å². The Labute approximate surface area is 532 Å². The number of nitrogens with one attached hydrogen (secondary N) is 7. The minimum Gasteiger partial charge on any atom is -0.398 e. The zero-order valence-corrected chi connectivity index (χ0v) is 52.3. The van der Waals surface area contributed by atoms with Gasteiger partial charge in [0.1, 0.15) is 29.5 Å². The topological polar surface area (TPSA) is 254 Å². The molecule has 11 N–H and O–H groups in total. The monoisotopic (exact) mass is 1250 g/mol. The Morgan fingerprint density at radius 1 is 0.725 bits per heavy atom. The third-order valence-corrected chi connectivity index (χ3v) is 17.4. The van der Waals surface area contributed by atoms with Gasteiger partial charge in [-0.3, -0.25) is 25.2 Å². The molecule has 0 radical (unpaired) electrons. The van der Waals surface area contributed by atoms with Gasteiger partial charge >= 0.3 is 0 Å². The number of benzene rings is 4. The lowest BCUT2D eigenvalue weighted by molar-refractivity contribution is -0.109. The summed E-state index contributed by atoms with van der Waals surface area (Å²) in [4.78, 5) is 44.1. The highest BCUT2D eigenvalue weighted by Gasteiger charge is 2.28. The van der Waals surface area contributed by atoms with Gasteiger partial charge in [0.05, 0.1) is 24.3 Å². The number of allylic oxidation sites excluding steroid dienone is 6. The molecule has 3 amide bonds. The Hall–Kier alpha value is -7.98. The van der Waals surface area contributed by atoms with Crippen LogP contribution in [0, 0.1) is 34.3 Å². The number of hydrogen-bond acceptors (Lipinski definition) is 15. The van der Waals surface area contributed by atoms with Gasteiger partial charge in [-0.2, -0.15) is 0 Å². The number of amides is 3. The van der Waals surface area contributed by atoms with Gasteiger partial charge in [-0.15, -0.1) is 0 Å². The van der Waals surface area contributed by atoms with Gasteiger partial charge in [-0.1, -0.05) is 30.7 Å². The smallest absolute Gasteiger partial charge is 0.258 e. The van der Waals surface area contributed by atoms with Crippen LogP contribution in [-0.2, 0) is 36.6 Å². The largest absolute Gasteiger partial charge is 0.398 e. The van der Waals surface area contributed by atoms with Crippen molar-refractivity contribution >= 4 is 58.3 Å². The molecular formula is C70H90F3N11O7. The fourth-order valence-corrected chi connectivity index (χ4v) is 12.6. The van der Waals surface area contributed by atoms with E-state index in [1.54, 1.807) is 36.4 Å². The van der Waals surface area contributed by atoms with Crippen LogP contribution in [0.3, 0.4) is 0 Å². The number of alkyl halides is 1. The molecule has 2 aliphatic carbocycles. The average Bonchev–Trinajstić information content (AvgIpc) is 1.66. The summed E-state index contributed by atoms with van der Waals surface area (Å²) < 4.78 is 66.3. The van der Waals surface area contributed by atoms with Crippen LogP contribution in [-0.4, -0.2) is 134 Å². The molecule has 91 heavy (non-hydrogen) atoms. The van der Waals surface area contributed by atoms with Crippen molar-refractivity contribution in [3.8, 4) is 0 Å². The van der Waals surface area contributed by atoms with E-state index in [0.717, 1.165) is 118 Å². The lowest BCUT2D eigenvalue weighted by atomic mass is 9.85. The Bertz CT molecular complexity index is 3280. The molecular weight excluding hydrogens is 1160 g/mol. The molecule has 0 aromatic heterocycles. The first-order valence-corrected chi connectivity index (χ1v) is 32.3. The lowest BCUT2D eigenvalue weighted by Gasteiger charge is -2.35. The summed E-state index contributed by atoms with van der Waals surface area (Å²) in [6, 6.07) is 20.3. The highest BCUT2D eigenvalue weighted by atomic mass is 19.1. The zero-order chi connectivity index (χ0) is 64.1. The third kappa shape index (κ3) is 20.0.